The highest BCUT2D eigenvalue weighted by Gasteiger charge is 2.41. The van der Waals surface area contributed by atoms with E-state index in [1.54, 1.807) is 0 Å². The molecule has 308 valence electrons. The van der Waals surface area contributed by atoms with E-state index in [9.17, 15) is 0 Å². The molecule has 0 radical (unpaired) electrons. The third-order valence-corrected chi connectivity index (χ3v) is 13.3. The molecule has 2 heterocycles. The minimum Gasteiger partial charge on any atom is -0.228 e. The zero-order valence-corrected chi connectivity index (χ0v) is 35.8. The Labute approximate surface area is 382 Å². The largest absolute Gasteiger partial charge is 0.228 e. The molecule has 0 spiro atoms. The summed E-state index contributed by atoms with van der Waals surface area (Å²) in [7, 11) is 0. The predicted molar refractivity (Wildman–Crippen MR) is 266 cm³/mol. The molecule has 2 bridgehead atoms. The van der Waals surface area contributed by atoms with E-state index in [0.29, 0.717) is 23.3 Å². The lowest BCUT2D eigenvalue weighted by atomic mass is 9.60. The molecule has 2 atom stereocenters. The molecule has 9 aromatic carbocycles. The Bertz CT molecular complexity index is 3600. The molecule has 2 aromatic heterocycles. The van der Waals surface area contributed by atoms with Gasteiger partial charge in [0.05, 0.1) is 11.4 Å². The molecule has 0 fully saturated rings. The van der Waals surface area contributed by atoms with Crippen LogP contribution in [0, 0.1) is 0 Å². The smallest absolute Gasteiger partial charge is 0.164 e. The van der Waals surface area contributed by atoms with Crippen molar-refractivity contribution in [2.75, 3.05) is 0 Å². The Morgan fingerprint density at radius 3 is 1.29 bits per heavy atom. The fourth-order valence-corrected chi connectivity index (χ4v) is 10.3. The fraction of sp³-hybridized carbons (Fsp3) is 0.0328. The summed E-state index contributed by atoms with van der Waals surface area (Å²) in [6.45, 7) is 0. The minimum absolute atomic E-state index is 0.0441. The molecular formula is C61H39N5. The van der Waals surface area contributed by atoms with Crippen LogP contribution in [0.5, 0.6) is 0 Å². The zero-order chi connectivity index (χ0) is 43.6. The van der Waals surface area contributed by atoms with Crippen LogP contribution in [-0.4, -0.2) is 24.9 Å². The van der Waals surface area contributed by atoms with Crippen molar-refractivity contribution in [3.05, 3.63) is 258 Å². The predicted octanol–water partition coefficient (Wildman–Crippen LogP) is 14.5. The summed E-state index contributed by atoms with van der Waals surface area (Å²) in [5.41, 5.74) is 18.0. The van der Waals surface area contributed by atoms with Gasteiger partial charge in [-0.1, -0.05) is 206 Å². The maximum Gasteiger partial charge on any atom is 0.164 e. The lowest BCUT2D eigenvalue weighted by molar-refractivity contribution is 0.754. The van der Waals surface area contributed by atoms with Crippen molar-refractivity contribution in [2.45, 2.75) is 11.8 Å². The molecule has 3 aliphatic rings. The first-order valence-electron chi connectivity index (χ1n) is 22.5. The fourth-order valence-electron chi connectivity index (χ4n) is 10.3. The number of benzene rings is 9. The van der Waals surface area contributed by atoms with Gasteiger partial charge in [-0.3, -0.25) is 0 Å². The van der Waals surface area contributed by atoms with Gasteiger partial charge in [0.25, 0.3) is 0 Å². The average molecular weight is 842 g/mol. The Kier molecular flexibility index (Phi) is 8.91. The highest BCUT2D eigenvalue weighted by molar-refractivity contribution is 6.00. The first-order chi connectivity index (χ1) is 32.7. The standard InChI is InChI=1S/C61H39N5/c1-4-18-39(19-5-1)58-62-54(37-55(63-58)47-27-13-12-26-46(47)45-30-16-24-38-17-10-11-25-44(38)45)42-31-33-50-52(35-42)56-48-28-14-15-29-49(48)57(50)53-36-43(32-34-51(53)56)61-65-59(40-20-6-2-7-21-40)64-60(66-61)41-22-8-3-9-23-41/h1-37,56-57H. The highest BCUT2D eigenvalue weighted by Crippen LogP contribution is 2.56. The van der Waals surface area contributed by atoms with Gasteiger partial charge in [0.2, 0.25) is 0 Å². The quantitative estimate of drug-likeness (QED) is 0.160. The van der Waals surface area contributed by atoms with Gasteiger partial charge in [-0.2, -0.15) is 0 Å². The van der Waals surface area contributed by atoms with E-state index < -0.39 is 0 Å². The summed E-state index contributed by atoms with van der Waals surface area (Å²) in [5, 5.41) is 2.42. The molecule has 11 aromatic rings. The zero-order valence-electron chi connectivity index (χ0n) is 35.8. The Morgan fingerprint density at radius 2 is 0.667 bits per heavy atom. The van der Waals surface area contributed by atoms with Crippen LogP contribution < -0.4 is 0 Å². The molecule has 3 aliphatic carbocycles. The van der Waals surface area contributed by atoms with Gasteiger partial charge in [-0.15, -0.1) is 0 Å². The van der Waals surface area contributed by atoms with Crippen molar-refractivity contribution < 1.29 is 0 Å². The van der Waals surface area contributed by atoms with Crippen LogP contribution in [0.25, 0.3) is 90.0 Å². The Hall–Kier alpha value is -8.67. The van der Waals surface area contributed by atoms with Crippen LogP contribution in [-0.2, 0) is 0 Å². The summed E-state index contributed by atoms with van der Waals surface area (Å²) in [4.78, 5) is 25.8. The van der Waals surface area contributed by atoms with E-state index >= 15 is 0 Å². The number of hydrogen-bond donors (Lipinski definition) is 0. The van der Waals surface area contributed by atoms with E-state index in [1.807, 2.05) is 42.5 Å². The van der Waals surface area contributed by atoms with Crippen LogP contribution in [0.4, 0.5) is 0 Å². The lowest BCUT2D eigenvalue weighted by Crippen LogP contribution is -2.27. The molecule has 0 N–H and O–H groups in total. The molecular weight excluding hydrogens is 803 g/mol. The monoisotopic (exact) mass is 841 g/mol. The number of rotatable bonds is 7. The second-order valence-electron chi connectivity index (χ2n) is 17.1. The summed E-state index contributed by atoms with van der Waals surface area (Å²) < 4.78 is 0. The second-order valence-corrected chi connectivity index (χ2v) is 17.1. The maximum absolute atomic E-state index is 5.32. The van der Waals surface area contributed by atoms with Crippen molar-refractivity contribution >= 4 is 10.8 Å². The van der Waals surface area contributed by atoms with Crippen molar-refractivity contribution in [3.63, 3.8) is 0 Å². The topological polar surface area (TPSA) is 64.5 Å². The van der Waals surface area contributed by atoms with E-state index in [2.05, 4.69) is 182 Å². The van der Waals surface area contributed by atoms with E-state index in [-0.39, 0.29) is 11.8 Å². The van der Waals surface area contributed by atoms with Crippen LogP contribution >= 0.6 is 0 Å². The van der Waals surface area contributed by atoms with E-state index in [0.717, 1.165) is 50.3 Å². The summed E-state index contributed by atoms with van der Waals surface area (Å²) >= 11 is 0. The molecule has 2 unspecified atom stereocenters. The van der Waals surface area contributed by atoms with Crippen molar-refractivity contribution in [1.29, 1.82) is 0 Å². The van der Waals surface area contributed by atoms with Crippen molar-refractivity contribution in [2.24, 2.45) is 0 Å². The van der Waals surface area contributed by atoms with Crippen molar-refractivity contribution in [1.82, 2.24) is 24.9 Å². The van der Waals surface area contributed by atoms with Gasteiger partial charge in [0, 0.05) is 45.2 Å². The van der Waals surface area contributed by atoms with Crippen LogP contribution in [0.2, 0.25) is 0 Å². The third kappa shape index (κ3) is 6.35. The van der Waals surface area contributed by atoms with Crippen LogP contribution in [0.1, 0.15) is 45.2 Å². The summed E-state index contributed by atoms with van der Waals surface area (Å²) in [6, 6.07) is 79.4. The van der Waals surface area contributed by atoms with E-state index in [4.69, 9.17) is 24.9 Å². The van der Waals surface area contributed by atoms with Gasteiger partial charge in [0.1, 0.15) is 0 Å². The van der Waals surface area contributed by atoms with Gasteiger partial charge in [0.15, 0.2) is 23.3 Å². The molecule has 0 saturated heterocycles. The SMILES string of the molecule is c1ccc(-c2nc(-c3ccc4c(c3)C3c5ccccc5C4c4cc(-c5nc(-c6ccccc6)nc(-c6ccccc6)n5)ccc43)cc(-c3ccccc3-c3cccc4ccccc34)n2)cc1. The molecule has 0 amide bonds. The minimum atomic E-state index is 0.0441. The third-order valence-electron chi connectivity index (χ3n) is 13.3. The van der Waals surface area contributed by atoms with Gasteiger partial charge >= 0.3 is 0 Å². The van der Waals surface area contributed by atoms with Gasteiger partial charge in [-0.25, -0.2) is 24.9 Å². The Balaban J connectivity index is 0.947. The molecule has 0 aliphatic heterocycles. The molecule has 66 heavy (non-hydrogen) atoms. The molecule has 14 rings (SSSR count). The number of nitrogens with zero attached hydrogens (tertiary/aromatic N) is 5. The highest BCUT2D eigenvalue weighted by atomic mass is 15.0. The first kappa shape index (κ1) is 37.8. The Morgan fingerprint density at radius 1 is 0.242 bits per heavy atom. The number of fused-ring (bicyclic) bond motifs is 1. The van der Waals surface area contributed by atoms with Crippen molar-refractivity contribution in [3.8, 4) is 79.2 Å². The van der Waals surface area contributed by atoms with Crippen LogP contribution in [0.15, 0.2) is 224 Å². The summed E-state index contributed by atoms with van der Waals surface area (Å²) in [5.74, 6) is 2.76. The summed E-state index contributed by atoms with van der Waals surface area (Å²) in [6.07, 6.45) is 0. The normalized spacial score (nSPS) is 14.4. The lowest BCUT2D eigenvalue weighted by Gasteiger charge is -2.42. The van der Waals surface area contributed by atoms with Gasteiger partial charge < -0.3 is 0 Å². The van der Waals surface area contributed by atoms with E-state index in [1.165, 1.54) is 49.7 Å². The van der Waals surface area contributed by atoms with Gasteiger partial charge in [-0.05, 0) is 73.5 Å². The average Bonchev–Trinajstić information content (AvgIpc) is 3.40. The molecule has 5 heteroatoms. The first-order valence-corrected chi connectivity index (χ1v) is 22.5. The van der Waals surface area contributed by atoms with Crippen LogP contribution in [0.3, 0.4) is 0 Å². The number of hydrogen-bond acceptors (Lipinski definition) is 5. The molecule has 5 nitrogen and oxygen atoms in total. The second kappa shape index (κ2) is 15.5. The molecule has 0 saturated carbocycles. The number of aromatic nitrogens is 5. The maximum atomic E-state index is 5.32.